The molecule has 0 saturated carbocycles. The molecule has 0 N–H and O–H groups in total. The van der Waals surface area contributed by atoms with E-state index in [2.05, 4.69) is 4.98 Å². The average molecular weight is 383 g/mol. The van der Waals surface area contributed by atoms with Crippen LogP contribution in [0.4, 0.5) is 0 Å². The first-order valence-electron chi connectivity index (χ1n) is 9.58. The summed E-state index contributed by atoms with van der Waals surface area (Å²) in [6.45, 7) is 0.547. The SMILES string of the molecule is O=C(OCC(=O)N1CCCC1=O)c1ccc2c(=O)n3c(nc2c1)CCCCC3. The number of nitrogens with zero attached hydrogens (tertiary/aromatic N) is 3. The predicted molar refractivity (Wildman–Crippen MR) is 99.8 cm³/mol. The predicted octanol–water partition coefficient (Wildman–Crippen LogP) is 1.43. The summed E-state index contributed by atoms with van der Waals surface area (Å²) < 4.78 is 6.79. The molecule has 2 aromatic rings. The molecule has 0 radical (unpaired) electrons. The highest BCUT2D eigenvalue weighted by Gasteiger charge is 2.27. The maximum Gasteiger partial charge on any atom is 0.338 e. The minimum atomic E-state index is -0.682. The number of fused-ring (bicyclic) bond motifs is 2. The first kappa shape index (κ1) is 18.3. The number of carbonyl (C=O) groups is 3. The van der Waals surface area contributed by atoms with Gasteiger partial charge in [0.25, 0.3) is 11.5 Å². The molecule has 1 aromatic carbocycles. The Morgan fingerprint density at radius 3 is 2.68 bits per heavy atom. The molecule has 1 aromatic heterocycles. The number of hydrogen-bond donors (Lipinski definition) is 0. The van der Waals surface area contributed by atoms with Crippen molar-refractivity contribution in [3.8, 4) is 0 Å². The lowest BCUT2D eigenvalue weighted by Crippen LogP contribution is -2.35. The largest absolute Gasteiger partial charge is 0.452 e. The van der Waals surface area contributed by atoms with E-state index in [1.54, 1.807) is 10.6 Å². The molecule has 0 atom stereocenters. The van der Waals surface area contributed by atoms with E-state index >= 15 is 0 Å². The number of imide groups is 1. The second kappa shape index (κ2) is 7.53. The van der Waals surface area contributed by atoms with Crippen molar-refractivity contribution in [3.63, 3.8) is 0 Å². The summed E-state index contributed by atoms with van der Waals surface area (Å²) in [7, 11) is 0. The van der Waals surface area contributed by atoms with Crippen LogP contribution in [0.2, 0.25) is 0 Å². The standard InChI is InChI=1S/C20H21N3O5/c24-17-6-4-10-23(17)18(25)12-28-20(27)13-7-8-14-15(11-13)21-16-5-2-1-3-9-22(16)19(14)26/h7-8,11H,1-6,9-10,12H2. The summed E-state index contributed by atoms with van der Waals surface area (Å²) in [4.78, 5) is 54.3. The Kier molecular flexibility index (Phi) is 4.93. The zero-order chi connectivity index (χ0) is 19.7. The fourth-order valence-electron chi connectivity index (χ4n) is 3.75. The number of carbonyl (C=O) groups excluding carboxylic acids is 3. The second-order valence-electron chi connectivity index (χ2n) is 7.15. The van der Waals surface area contributed by atoms with Crippen LogP contribution in [0, 0.1) is 0 Å². The van der Waals surface area contributed by atoms with Crippen LogP contribution in [-0.2, 0) is 27.3 Å². The van der Waals surface area contributed by atoms with Gasteiger partial charge in [0, 0.05) is 25.9 Å². The molecule has 28 heavy (non-hydrogen) atoms. The number of rotatable bonds is 3. The van der Waals surface area contributed by atoms with Crippen LogP contribution in [0.15, 0.2) is 23.0 Å². The number of aryl methyl sites for hydroxylation is 1. The van der Waals surface area contributed by atoms with Crippen LogP contribution < -0.4 is 5.56 Å². The Balaban J connectivity index is 1.54. The molecule has 0 bridgehead atoms. The molecule has 8 nitrogen and oxygen atoms in total. The van der Waals surface area contributed by atoms with Crippen molar-refractivity contribution in [2.75, 3.05) is 13.2 Å². The molecule has 1 saturated heterocycles. The van der Waals surface area contributed by atoms with Gasteiger partial charge in [0.1, 0.15) is 5.82 Å². The number of esters is 1. The minimum absolute atomic E-state index is 0.0930. The topological polar surface area (TPSA) is 98.6 Å². The number of amides is 2. The van der Waals surface area contributed by atoms with Crippen LogP contribution in [0.5, 0.6) is 0 Å². The van der Waals surface area contributed by atoms with Crippen molar-refractivity contribution >= 4 is 28.7 Å². The monoisotopic (exact) mass is 383 g/mol. The number of benzene rings is 1. The smallest absolute Gasteiger partial charge is 0.338 e. The van der Waals surface area contributed by atoms with Gasteiger partial charge in [-0.15, -0.1) is 0 Å². The van der Waals surface area contributed by atoms with Gasteiger partial charge in [-0.05, 0) is 37.5 Å². The van der Waals surface area contributed by atoms with Crippen LogP contribution >= 0.6 is 0 Å². The summed E-state index contributed by atoms with van der Waals surface area (Å²) in [5, 5.41) is 0.459. The normalized spacial score (nSPS) is 16.7. The van der Waals surface area contributed by atoms with E-state index in [4.69, 9.17) is 4.74 Å². The fraction of sp³-hybridized carbons (Fsp3) is 0.450. The molecule has 1 fully saturated rings. The third-order valence-electron chi connectivity index (χ3n) is 5.25. The van der Waals surface area contributed by atoms with E-state index in [0.717, 1.165) is 36.4 Å². The van der Waals surface area contributed by atoms with Crippen molar-refractivity contribution in [2.45, 2.75) is 45.1 Å². The Morgan fingerprint density at radius 1 is 1.04 bits per heavy atom. The van der Waals surface area contributed by atoms with Crippen molar-refractivity contribution in [1.82, 2.24) is 14.5 Å². The summed E-state index contributed by atoms with van der Waals surface area (Å²) in [6, 6.07) is 4.60. The molecule has 0 aliphatic carbocycles. The van der Waals surface area contributed by atoms with Gasteiger partial charge < -0.3 is 4.74 Å². The maximum absolute atomic E-state index is 12.7. The highest BCUT2D eigenvalue weighted by molar-refractivity contribution is 5.99. The molecule has 2 amide bonds. The zero-order valence-electron chi connectivity index (χ0n) is 15.5. The Labute approximate surface area is 161 Å². The molecule has 2 aliphatic heterocycles. The van der Waals surface area contributed by atoms with E-state index < -0.39 is 18.5 Å². The molecule has 146 valence electrons. The minimum Gasteiger partial charge on any atom is -0.452 e. The number of ether oxygens (including phenoxy) is 1. The van der Waals surface area contributed by atoms with E-state index in [9.17, 15) is 19.2 Å². The summed E-state index contributed by atoms with van der Waals surface area (Å²) in [6.07, 6.45) is 4.71. The summed E-state index contributed by atoms with van der Waals surface area (Å²) >= 11 is 0. The third kappa shape index (κ3) is 3.42. The first-order chi connectivity index (χ1) is 13.5. The van der Waals surface area contributed by atoms with Crippen molar-refractivity contribution in [2.24, 2.45) is 0 Å². The van der Waals surface area contributed by atoms with Gasteiger partial charge in [0.05, 0.1) is 16.5 Å². The van der Waals surface area contributed by atoms with Gasteiger partial charge in [-0.25, -0.2) is 9.78 Å². The lowest BCUT2D eigenvalue weighted by molar-refractivity contribution is -0.143. The Bertz CT molecular complexity index is 1030. The van der Waals surface area contributed by atoms with E-state index in [-0.39, 0.29) is 17.0 Å². The lowest BCUT2D eigenvalue weighted by atomic mass is 10.1. The van der Waals surface area contributed by atoms with Crippen molar-refractivity contribution < 1.29 is 19.1 Å². The summed E-state index contributed by atoms with van der Waals surface area (Å²) in [5.74, 6) is -0.697. The zero-order valence-corrected chi connectivity index (χ0v) is 15.5. The second-order valence-corrected chi connectivity index (χ2v) is 7.15. The molecule has 8 heteroatoms. The molecular formula is C20H21N3O5. The molecule has 0 unspecified atom stereocenters. The van der Waals surface area contributed by atoms with Gasteiger partial charge in [0.2, 0.25) is 5.91 Å². The summed E-state index contributed by atoms with van der Waals surface area (Å²) in [5.41, 5.74) is 0.580. The number of hydrogen-bond acceptors (Lipinski definition) is 6. The van der Waals surface area contributed by atoms with Crippen LogP contribution in [-0.4, -0.2) is 45.4 Å². The van der Waals surface area contributed by atoms with Gasteiger partial charge in [-0.2, -0.15) is 0 Å². The number of aromatic nitrogens is 2. The lowest BCUT2D eigenvalue weighted by Gasteiger charge is -2.13. The van der Waals surface area contributed by atoms with Gasteiger partial charge in [-0.1, -0.05) is 6.42 Å². The third-order valence-corrected chi connectivity index (χ3v) is 5.25. The molecule has 3 heterocycles. The quantitative estimate of drug-likeness (QED) is 0.744. The Morgan fingerprint density at radius 2 is 1.89 bits per heavy atom. The van der Waals surface area contributed by atoms with Crippen LogP contribution in [0.3, 0.4) is 0 Å². The van der Waals surface area contributed by atoms with E-state index in [1.807, 2.05) is 0 Å². The highest BCUT2D eigenvalue weighted by Crippen LogP contribution is 2.17. The van der Waals surface area contributed by atoms with E-state index in [0.29, 0.717) is 36.8 Å². The first-order valence-corrected chi connectivity index (χ1v) is 9.58. The van der Waals surface area contributed by atoms with Crippen LogP contribution in [0.25, 0.3) is 10.9 Å². The van der Waals surface area contributed by atoms with Crippen molar-refractivity contribution in [3.05, 3.63) is 39.9 Å². The van der Waals surface area contributed by atoms with E-state index in [1.165, 1.54) is 12.1 Å². The van der Waals surface area contributed by atoms with Crippen LogP contribution in [0.1, 0.15) is 48.3 Å². The molecule has 0 spiro atoms. The molecule has 2 aliphatic rings. The fourth-order valence-corrected chi connectivity index (χ4v) is 3.75. The molecular weight excluding hydrogens is 362 g/mol. The average Bonchev–Trinajstić information content (AvgIpc) is 2.98. The van der Waals surface area contributed by atoms with Gasteiger partial charge in [-0.3, -0.25) is 23.9 Å². The Hall–Kier alpha value is -3.03. The highest BCUT2D eigenvalue weighted by atomic mass is 16.5. The van der Waals surface area contributed by atoms with Gasteiger partial charge >= 0.3 is 5.97 Å². The maximum atomic E-state index is 12.7. The molecule has 4 rings (SSSR count). The number of likely N-dealkylation sites (tertiary alicyclic amines) is 1. The van der Waals surface area contributed by atoms with Crippen molar-refractivity contribution in [1.29, 1.82) is 0 Å². The van der Waals surface area contributed by atoms with Gasteiger partial charge in [0.15, 0.2) is 6.61 Å².